The molecule has 0 saturated heterocycles. The van der Waals surface area contributed by atoms with Gasteiger partial charge in [0.1, 0.15) is 6.07 Å². The van der Waals surface area contributed by atoms with Crippen molar-refractivity contribution in [1.82, 2.24) is 0 Å². The van der Waals surface area contributed by atoms with Gasteiger partial charge in [0.2, 0.25) is 0 Å². The van der Waals surface area contributed by atoms with Gasteiger partial charge in [0.25, 0.3) is 0 Å². The van der Waals surface area contributed by atoms with Gasteiger partial charge < -0.3 is 5.32 Å². The average Bonchev–Trinajstić information content (AvgIpc) is 2.26. The summed E-state index contributed by atoms with van der Waals surface area (Å²) in [6.45, 7) is 6.62. The molecule has 1 aromatic carbocycles. The molecular weight excluding hydrogens is 232 g/mol. The van der Waals surface area contributed by atoms with Crippen molar-refractivity contribution < 1.29 is 0 Å². The molecule has 3 heteroatoms. The Balaban J connectivity index is 2.57. The summed E-state index contributed by atoms with van der Waals surface area (Å²) in [6, 6.07) is 7.93. The van der Waals surface area contributed by atoms with E-state index >= 15 is 0 Å². The first-order valence-electron chi connectivity index (χ1n) is 5.99. The van der Waals surface area contributed by atoms with Crippen molar-refractivity contribution in [3.05, 3.63) is 28.8 Å². The van der Waals surface area contributed by atoms with Gasteiger partial charge in [0.05, 0.1) is 10.6 Å². The zero-order valence-electron chi connectivity index (χ0n) is 10.6. The van der Waals surface area contributed by atoms with Crippen LogP contribution in [0.3, 0.4) is 0 Å². The molecule has 0 bridgehead atoms. The standard InChI is InChI=1S/C14H19ClN2/c1-10(2)4-5-11(3)17-13-7-6-12(9-16)14(15)8-13/h6-8,10-11,17H,4-5H2,1-3H3. The van der Waals surface area contributed by atoms with Crippen LogP contribution in [0.5, 0.6) is 0 Å². The van der Waals surface area contributed by atoms with Gasteiger partial charge in [0, 0.05) is 11.7 Å². The van der Waals surface area contributed by atoms with Gasteiger partial charge in [-0.1, -0.05) is 25.4 Å². The first kappa shape index (κ1) is 13.9. The molecule has 1 atom stereocenters. The Hall–Kier alpha value is -1.20. The Morgan fingerprint density at radius 3 is 2.53 bits per heavy atom. The van der Waals surface area contributed by atoms with E-state index in [-0.39, 0.29) is 0 Å². The summed E-state index contributed by atoms with van der Waals surface area (Å²) in [5.41, 5.74) is 1.50. The molecule has 0 amide bonds. The van der Waals surface area contributed by atoms with E-state index < -0.39 is 0 Å². The van der Waals surface area contributed by atoms with Crippen LogP contribution in [-0.2, 0) is 0 Å². The SMILES string of the molecule is CC(C)CCC(C)Nc1ccc(C#N)c(Cl)c1. The van der Waals surface area contributed by atoms with Gasteiger partial charge in [0.15, 0.2) is 0 Å². The van der Waals surface area contributed by atoms with Crippen molar-refractivity contribution in [1.29, 1.82) is 5.26 Å². The first-order chi connectivity index (χ1) is 8.02. The van der Waals surface area contributed by atoms with E-state index in [1.807, 2.05) is 12.1 Å². The van der Waals surface area contributed by atoms with Crippen LogP contribution in [0.15, 0.2) is 18.2 Å². The highest BCUT2D eigenvalue weighted by Crippen LogP contribution is 2.21. The maximum Gasteiger partial charge on any atom is 0.101 e. The smallest absolute Gasteiger partial charge is 0.101 e. The van der Waals surface area contributed by atoms with E-state index in [9.17, 15) is 0 Å². The molecule has 0 aliphatic carbocycles. The molecule has 92 valence electrons. The van der Waals surface area contributed by atoms with E-state index in [0.29, 0.717) is 16.6 Å². The normalized spacial score (nSPS) is 12.2. The fraction of sp³-hybridized carbons (Fsp3) is 0.500. The maximum absolute atomic E-state index is 8.78. The average molecular weight is 251 g/mol. The predicted octanol–water partition coefficient (Wildman–Crippen LogP) is 4.45. The summed E-state index contributed by atoms with van der Waals surface area (Å²) in [7, 11) is 0. The first-order valence-corrected chi connectivity index (χ1v) is 6.37. The van der Waals surface area contributed by atoms with E-state index in [1.165, 1.54) is 6.42 Å². The summed E-state index contributed by atoms with van der Waals surface area (Å²) in [6.07, 6.45) is 2.34. The molecule has 0 radical (unpaired) electrons. The summed E-state index contributed by atoms with van der Waals surface area (Å²) in [4.78, 5) is 0. The summed E-state index contributed by atoms with van der Waals surface area (Å²) >= 11 is 5.98. The molecule has 0 aliphatic rings. The van der Waals surface area contributed by atoms with Crippen molar-refractivity contribution in [2.75, 3.05) is 5.32 Å². The van der Waals surface area contributed by atoms with E-state index in [0.717, 1.165) is 18.0 Å². The van der Waals surface area contributed by atoms with Crippen LogP contribution in [0.2, 0.25) is 5.02 Å². The number of nitriles is 1. The Bertz CT molecular complexity index is 407. The zero-order chi connectivity index (χ0) is 12.8. The maximum atomic E-state index is 8.78. The number of nitrogens with zero attached hydrogens (tertiary/aromatic N) is 1. The molecule has 1 N–H and O–H groups in total. The second-order valence-electron chi connectivity index (χ2n) is 4.82. The van der Waals surface area contributed by atoms with Gasteiger partial charge in [-0.05, 0) is 43.9 Å². The second-order valence-corrected chi connectivity index (χ2v) is 5.23. The monoisotopic (exact) mass is 250 g/mol. The predicted molar refractivity (Wildman–Crippen MR) is 73.3 cm³/mol. The molecule has 17 heavy (non-hydrogen) atoms. The minimum absolute atomic E-state index is 0.418. The number of hydrogen-bond acceptors (Lipinski definition) is 2. The highest BCUT2D eigenvalue weighted by Gasteiger charge is 2.05. The minimum atomic E-state index is 0.418. The fourth-order valence-electron chi connectivity index (χ4n) is 1.64. The number of rotatable bonds is 5. The third kappa shape index (κ3) is 4.66. The molecule has 0 saturated carbocycles. The van der Waals surface area contributed by atoms with Gasteiger partial charge >= 0.3 is 0 Å². The van der Waals surface area contributed by atoms with Crippen LogP contribution < -0.4 is 5.32 Å². The van der Waals surface area contributed by atoms with Crippen molar-refractivity contribution in [2.24, 2.45) is 5.92 Å². The molecule has 0 fully saturated rings. The van der Waals surface area contributed by atoms with Crippen molar-refractivity contribution in [3.8, 4) is 6.07 Å². The molecule has 0 spiro atoms. The second kappa shape index (κ2) is 6.51. The van der Waals surface area contributed by atoms with E-state index in [4.69, 9.17) is 16.9 Å². The Morgan fingerprint density at radius 2 is 2.00 bits per heavy atom. The molecule has 0 aromatic heterocycles. The summed E-state index contributed by atoms with van der Waals surface area (Å²) < 4.78 is 0. The topological polar surface area (TPSA) is 35.8 Å². The minimum Gasteiger partial charge on any atom is -0.383 e. The van der Waals surface area contributed by atoms with Crippen molar-refractivity contribution in [3.63, 3.8) is 0 Å². The van der Waals surface area contributed by atoms with E-state index in [2.05, 4.69) is 32.2 Å². The Labute approximate surface area is 109 Å². The number of nitrogens with one attached hydrogen (secondary N) is 1. The lowest BCUT2D eigenvalue weighted by Crippen LogP contribution is -2.15. The third-order valence-corrected chi connectivity index (χ3v) is 2.99. The van der Waals surface area contributed by atoms with Gasteiger partial charge in [-0.25, -0.2) is 0 Å². The highest BCUT2D eigenvalue weighted by molar-refractivity contribution is 6.32. The number of halogens is 1. The molecule has 1 rings (SSSR count). The van der Waals surface area contributed by atoms with Crippen molar-refractivity contribution >= 4 is 17.3 Å². The van der Waals surface area contributed by atoms with Gasteiger partial charge in [-0.15, -0.1) is 0 Å². The van der Waals surface area contributed by atoms with Gasteiger partial charge in [-0.3, -0.25) is 0 Å². The van der Waals surface area contributed by atoms with Crippen LogP contribution >= 0.6 is 11.6 Å². The van der Waals surface area contributed by atoms with Crippen LogP contribution in [0.1, 0.15) is 39.2 Å². The Morgan fingerprint density at radius 1 is 1.29 bits per heavy atom. The lowest BCUT2D eigenvalue weighted by atomic mass is 10.0. The van der Waals surface area contributed by atoms with Crippen LogP contribution in [0.25, 0.3) is 0 Å². The summed E-state index contributed by atoms with van der Waals surface area (Å²) in [5, 5.41) is 12.7. The quantitative estimate of drug-likeness (QED) is 0.838. The lowest BCUT2D eigenvalue weighted by molar-refractivity contribution is 0.528. The molecule has 1 aromatic rings. The fourth-order valence-corrected chi connectivity index (χ4v) is 1.86. The summed E-state index contributed by atoms with van der Waals surface area (Å²) in [5.74, 6) is 0.726. The lowest BCUT2D eigenvalue weighted by Gasteiger charge is -2.16. The number of benzene rings is 1. The van der Waals surface area contributed by atoms with Crippen LogP contribution in [-0.4, -0.2) is 6.04 Å². The molecule has 2 nitrogen and oxygen atoms in total. The van der Waals surface area contributed by atoms with E-state index in [1.54, 1.807) is 6.07 Å². The third-order valence-electron chi connectivity index (χ3n) is 2.68. The highest BCUT2D eigenvalue weighted by atomic mass is 35.5. The number of anilines is 1. The Kier molecular flexibility index (Phi) is 5.31. The molecule has 0 aliphatic heterocycles. The number of hydrogen-bond donors (Lipinski definition) is 1. The molecule has 0 heterocycles. The van der Waals surface area contributed by atoms with Crippen molar-refractivity contribution in [2.45, 2.75) is 39.7 Å². The van der Waals surface area contributed by atoms with Crippen LogP contribution in [0.4, 0.5) is 5.69 Å². The zero-order valence-corrected chi connectivity index (χ0v) is 11.4. The molecule has 1 unspecified atom stereocenters. The molecular formula is C14H19ClN2. The van der Waals surface area contributed by atoms with Crippen LogP contribution in [0, 0.1) is 17.2 Å². The largest absolute Gasteiger partial charge is 0.383 e. The van der Waals surface area contributed by atoms with Gasteiger partial charge in [-0.2, -0.15) is 5.26 Å².